The second-order valence-electron chi connectivity index (χ2n) is 5.96. The van der Waals surface area contributed by atoms with Crippen LogP contribution in [-0.2, 0) is 25.5 Å². The summed E-state index contributed by atoms with van der Waals surface area (Å²) in [5.41, 5.74) is 1.74. The van der Waals surface area contributed by atoms with E-state index >= 15 is 0 Å². The summed E-state index contributed by atoms with van der Waals surface area (Å²) in [6.45, 7) is 7.39. The van der Waals surface area contributed by atoms with E-state index < -0.39 is 11.6 Å². The van der Waals surface area contributed by atoms with Crippen molar-refractivity contribution in [1.29, 1.82) is 0 Å². The fraction of sp³-hybridized carbons (Fsp3) is 0.450. The Morgan fingerprint density at radius 2 is 1.67 bits per heavy atom. The number of hydrogen-bond donors (Lipinski definition) is 0. The van der Waals surface area contributed by atoms with Gasteiger partial charge in [-0.05, 0) is 51.8 Å². The lowest BCUT2D eigenvalue weighted by atomic mass is 10.0. The third-order valence-electron chi connectivity index (χ3n) is 4.19. The van der Waals surface area contributed by atoms with Crippen molar-refractivity contribution in [2.75, 3.05) is 19.8 Å². The molecule has 2 rings (SSSR count). The normalized spacial score (nSPS) is 10.7. The molecule has 1 aromatic carbocycles. The van der Waals surface area contributed by atoms with Crippen molar-refractivity contribution in [1.82, 2.24) is 0 Å². The van der Waals surface area contributed by atoms with Crippen LogP contribution in [0.15, 0.2) is 21.3 Å². The number of hydrogen-bond acceptors (Lipinski definition) is 7. The van der Waals surface area contributed by atoms with Crippen molar-refractivity contribution >= 4 is 22.9 Å². The highest BCUT2D eigenvalue weighted by Crippen LogP contribution is 2.29. The molecule has 0 bridgehead atoms. The van der Waals surface area contributed by atoms with Gasteiger partial charge in [0, 0.05) is 22.9 Å². The van der Waals surface area contributed by atoms with Gasteiger partial charge in [-0.15, -0.1) is 0 Å². The molecule has 0 aliphatic rings. The quantitative estimate of drug-likeness (QED) is 0.517. The smallest absolute Gasteiger partial charge is 0.344 e. The Balaban J connectivity index is 2.30. The molecule has 1 aromatic heterocycles. The zero-order chi connectivity index (χ0) is 20.0. The van der Waals surface area contributed by atoms with Crippen LogP contribution in [-0.4, -0.2) is 31.8 Å². The van der Waals surface area contributed by atoms with Crippen LogP contribution in [0.3, 0.4) is 0 Å². The second-order valence-corrected chi connectivity index (χ2v) is 5.96. The molecule has 7 nitrogen and oxygen atoms in total. The predicted molar refractivity (Wildman–Crippen MR) is 99.0 cm³/mol. The molecule has 0 atom stereocenters. The lowest BCUT2D eigenvalue weighted by Gasteiger charge is -2.13. The average Bonchev–Trinajstić information content (AvgIpc) is 2.62. The molecule has 0 aliphatic heterocycles. The van der Waals surface area contributed by atoms with Gasteiger partial charge in [0.2, 0.25) is 0 Å². The minimum absolute atomic E-state index is 0.116. The van der Waals surface area contributed by atoms with Crippen LogP contribution in [0.25, 0.3) is 11.0 Å². The number of carbonyl (C=O) groups is 2. The minimum Gasteiger partial charge on any atom is -0.481 e. The van der Waals surface area contributed by atoms with Crippen LogP contribution in [0, 0.1) is 13.8 Å². The van der Waals surface area contributed by atoms with E-state index in [0.29, 0.717) is 29.1 Å². The summed E-state index contributed by atoms with van der Waals surface area (Å²) >= 11 is 0. The van der Waals surface area contributed by atoms with Gasteiger partial charge in [0.1, 0.15) is 11.3 Å². The highest BCUT2D eigenvalue weighted by atomic mass is 16.6. The van der Waals surface area contributed by atoms with E-state index in [1.165, 1.54) is 0 Å². The molecule has 0 N–H and O–H groups in total. The first-order chi connectivity index (χ1) is 12.9. The van der Waals surface area contributed by atoms with E-state index in [1.807, 2.05) is 6.92 Å². The Labute approximate surface area is 157 Å². The first-order valence-corrected chi connectivity index (χ1v) is 8.88. The number of aryl methyl sites for hydroxylation is 2. The Morgan fingerprint density at radius 3 is 2.33 bits per heavy atom. The van der Waals surface area contributed by atoms with Gasteiger partial charge in [0.15, 0.2) is 6.61 Å². The molecule has 0 radical (unpaired) electrons. The molecular formula is C20H24O7. The minimum atomic E-state index is -0.491. The third-order valence-corrected chi connectivity index (χ3v) is 4.19. The van der Waals surface area contributed by atoms with Crippen LogP contribution in [0.5, 0.6) is 5.75 Å². The van der Waals surface area contributed by atoms with E-state index in [0.717, 1.165) is 10.9 Å². The van der Waals surface area contributed by atoms with Crippen molar-refractivity contribution in [3.8, 4) is 5.75 Å². The fourth-order valence-electron chi connectivity index (χ4n) is 2.82. The van der Waals surface area contributed by atoms with Gasteiger partial charge in [-0.2, -0.15) is 0 Å². The highest BCUT2D eigenvalue weighted by Gasteiger charge is 2.17. The van der Waals surface area contributed by atoms with Crippen LogP contribution >= 0.6 is 0 Å². The van der Waals surface area contributed by atoms with E-state index in [2.05, 4.69) is 0 Å². The molecule has 7 heteroatoms. The standard InChI is InChI=1S/C20H24O7/c1-5-24-17(21)10-8-15-12(3)14-7-9-16(26-11-18(22)25-6-2)13(4)19(14)27-20(15)23/h7,9H,5-6,8,10-11H2,1-4H3. The average molecular weight is 376 g/mol. The molecule has 1 heterocycles. The maximum Gasteiger partial charge on any atom is 0.344 e. The van der Waals surface area contributed by atoms with E-state index in [4.69, 9.17) is 18.6 Å². The summed E-state index contributed by atoms with van der Waals surface area (Å²) < 4.78 is 20.7. The van der Waals surface area contributed by atoms with Crippen molar-refractivity contribution in [2.24, 2.45) is 0 Å². The van der Waals surface area contributed by atoms with Gasteiger partial charge in [0.25, 0.3) is 0 Å². The van der Waals surface area contributed by atoms with Gasteiger partial charge in [-0.25, -0.2) is 9.59 Å². The number of rotatable bonds is 8. The Kier molecular flexibility index (Phi) is 6.98. The third kappa shape index (κ3) is 4.87. The highest BCUT2D eigenvalue weighted by molar-refractivity contribution is 5.86. The number of ether oxygens (including phenoxy) is 3. The Morgan fingerprint density at radius 1 is 1.00 bits per heavy atom. The zero-order valence-electron chi connectivity index (χ0n) is 16.0. The van der Waals surface area contributed by atoms with Crippen LogP contribution in [0.4, 0.5) is 0 Å². The van der Waals surface area contributed by atoms with Gasteiger partial charge in [0.05, 0.1) is 13.2 Å². The van der Waals surface area contributed by atoms with E-state index in [9.17, 15) is 14.4 Å². The SMILES string of the molecule is CCOC(=O)CCc1c(C)c2ccc(OCC(=O)OCC)c(C)c2oc1=O. The number of fused-ring (bicyclic) bond motifs is 1. The Hall–Kier alpha value is -2.83. The van der Waals surface area contributed by atoms with Crippen LogP contribution < -0.4 is 10.4 Å². The molecule has 0 amide bonds. The maximum absolute atomic E-state index is 12.4. The number of benzene rings is 1. The molecule has 0 fully saturated rings. The molecular weight excluding hydrogens is 352 g/mol. The topological polar surface area (TPSA) is 92.0 Å². The summed E-state index contributed by atoms with van der Waals surface area (Å²) in [7, 11) is 0. The maximum atomic E-state index is 12.4. The van der Waals surface area contributed by atoms with Crippen molar-refractivity contribution in [3.63, 3.8) is 0 Å². The molecule has 146 valence electrons. The first kappa shape index (κ1) is 20.5. The first-order valence-electron chi connectivity index (χ1n) is 8.88. The summed E-state index contributed by atoms with van der Waals surface area (Å²) in [6.07, 6.45) is 0.369. The second kappa shape index (κ2) is 9.21. The van der Waals surface area contributed by atoms with Crippen molar-refractivity contribution < 1.29 is 28.2 Å². The molecule has 2 aromatic rings. The van der Waals surface area contributed by atoms with Gasteiger partial charge in [-0.3, -0.25) is 4.79 Å². The lowest BCUT2D eigenvalue weighted by Crippen LogP contribution is -2.16. The van der Waals surface area contributed by atoms with E-state index in [-0.39, 0.29) is 32.0 Å². The predicted octanol–water partition coefficient (Wildman–Crippen LogP) is 2.85. The lowest BCUT2D eigenvalue weighted by molar-refractivity contribution is -0.145. The summed E-state index contributed by atoms with van der Waals surface area (Å²) in [5.74, 6) is -0.378. The van der Waals surface area contributed by atoms with Crippen LogP contribution in [0.1, 0.15) is 37.0 Å². The van der Waals surface area contributed by atoms with Crippen molar-refractivity contribution in [2.45, 2.75) is 40.5 Å². The molecule has 0 saturated carbocycles. The van der Waals surface area contributed by atoms with E-state index in [1.54, 1.807) is 32.9 Å². The summed E-state index contributed by atoms with van der Waals surface area (Å²) in [5, 5.41) is 0.759. The van der Waals surface area contributed by atoms with Crippen molar-refractivity contribution in [3.05, 3.63) is 39.2 Å². The molecule has 0 saturated heterocycles. The summed E-state index contributed by atoms with van der Waals surface area (Å²) in [6, 6.07) is 3.49. The fourth-order valence-corrected chi connectivity index (χ4v) is 2.82. The molecule has 27 heavy (non-hydrogen) atoms. The zero-order valence-corrected chi connectivity index (χ0v) is 16.0. The van der Waals surface area contributed by atoms with Gasteiger partial charge in [-0.1, -0.05) is 0 Å². The number of esters is 2. The largest absolute Gasteiger partial charge is 0.481 e. The monoisotopic (exact) mass is 376 g/mol. The molecule has 0 aliphatic carbocycles. The van der Waals surface area contributed by atoms with Gasteiger partial charge < -0.3 is 18.6 Å². The van der Waals surface area contributed by atoms with Gasteiger partial charge >= 0.3 is 17.6 Å². The number of carbonyl (C=O) groups excluding carboxylic acids is 2. The molecule has 0 spiro atoms. The molecule has 0 unspecified atom stereocenters. The Bertz CT molecular complexity index is 895. The van der Waals surface area contributed by atoms with Crippen LogP contribution in [0.2, 0.25) is 0 Å². The summed E-state index contributed by atoms with van der Waals surface area (Å²) in [4.78, 5) is 35.4.